The Bertz CT molecular complexity index is 2020. The molecule has 2 aliphatic rings. The molecule has 2 aromatic heterocycles. The zero-order valence-corrected chi connectivity index (χ0v) is 30.0. The van der Waals surface area contributed by atoms with Gasteiger partial charge in [-0.2, -0.15) is 18.2 Å². The minimum Gasteiger partial charge on any atom is -0.379 e. The molecule has 5 aromatic rings. The Morgan fingerprint density at radius 3 is 2.21 bits per heavy atom. The molecule has 0 saturated carbocycles. The van der Waals surface area contributed by atoms with E-state index in [0.717, 1.165) is 110 Å². The molecule has 3 aromatic carbocycles. The van der Waals surface area contributed by atoms with Gasteiger partial charge in [-0.05, 0) is 60.6 Å². The standard InChI is InChI=1S/C39H42F3N7O2S/c1-27-5-7-29(8-6-27)26-52-38-44-37(50)33-3-2-4-34(33)48(38)25-36-46-45-35(23-43-17-18-47-19-21-51-22-20-47)49(36)24-28-9-11-30(12-10-28)31-13-15-32(16-14-31)39(40,41)42/h5-16,43H,2-4,17-26H2,1H3. The van der Waals surface area contributed by atoms with E-state index >= 15 is 0 Å². The van der Waals surface area contributed by atoms with Crippen LogP contribution >= 0.6 is 11.8 Å². The maximum absolute atomic E-state index is 13.1. The number of alkyl halides is 3. The van der Waals surface area contributed by atoms with Crippen molar-refractivity contribution < 1.29 is 17.9 Å². The molecule has 0 bridgehead atoms. The highest BCUT2D eigenvalue weighted by Gasteiger charge is 2.30. The van der Waals surface area contributed by atoms with Gasteiger partial charge in [-0.1, -0.05) is 78.0 Å². The topological polar surface area (TPSA) is 90.1 Å². The summed E-state index contributed by atoms with van der Waals surface area (Å²) in [4.78, 5) is 20.1. The van der Waals surface area contributed by atoms with Crippen molar-refractivity contribution in [3.63, 3.8) is 0 Å². The Morgan fingerprint density at radius 1 is 0.827 bits per heavy atom. The van der Waals surface area contributed by atoms with Gasteiger partial charge in [-0.25, -0.2) is 0 Å². The van der Waals surface area contributed by atoms with Crippen molar-refractivity contribution in [3.05, 3.63) is 128 Å². The number of fused-ring (bicyclic) bond motifs is 1. The van der Waals surface area contributed by atoms with Crippen LogP contribution in [0.15, 0.2) is 82.7 Å². The van der Waals surface area contributed by atoms with E-state index in [1.54, 1.807) is 11.8 Å². The monoisotopic (exact) mass is 729 g/mol. The first kappa shape index (κ1) is 36.1. The first-order chi connectivity index (χ1) is 25.2. The summed E-state index contributed by atoms with van der Waals surface area (Å²) in [5, 5.41) is 13.6. The van der Waals surface area contributed by atoms with Crippen molar-refractivity contribution in [1.82, 2.24) is 34.5 Å². The molecule has 1 aliphatic heterocycles. The Hall–Kier alpha value is -4.30. The first-order valence-corrected chi connectivity index (χ1v) is 18.7. The summed E-state index contributed by atoms with van der Waals surface area (Å²) in [6, 6.07) is 21.5. The Balaban J connectivity index is 1.15. The lowest BCUT2D eigenvalue weighted by Gasteiger charge is -2.26. The number of nitrogens with zero attached hydrogens (tertiary/aromatic N) is 6. The van der Waals surface area contributed by atoms with Gasteiger partial charge < -0.3 is 19.2 Å². The van der Waals surface area contributed by atoms with Crippen molar-refractivity contribution in [1.29, 1.82) is 0 Å². The summed E-state index contributed by atoms with van der Waals surface area (Å²) in [5.41, 5.74) is 5.90. The van der Waals surface area contributed by atoms with Gasteiger partial charge in [0.25, 0.3) is 5.56 Å². The second-order valence-corrected chi connectivity index (χ2v) is 14.3. The second-order valence-electron chi connectivity index (χ2n) is 13.4. The fraction of sp³-hybridized carbons (Fsp3) is 0.385. The molecule has 7 rings (SSSR count). The lowest BCUT2D eigenvalue weighted by Crippen LogP contribution is -2.40. The smallest absolute Gasteiger partial charge is 0.379 e. The number of aryl methyl sites for hydroxylation is 1. The Kier molecular flexibility index (Phi) is 11.2. The van der Waals surface area contributed by atoms with Crippen LogP contribution in [0.4, 0.5) is 13.2 Å². The summed E-state index contributed by atoms with van der Waals surface area (Å²) in [7, 11) is 0. The van der Waals surface area contributed by atoms with Crippen molar-refractivity contribution in [2.24, 2.45) is 0 Å². The highest BCUT2D eigenvalue weighted by atomic mass is 32.2. The van der Waals surface area contributed by atoms with Gasteiger partial charge in [0.1, 0.15) is 5.82 Å². The zero-order valence-electron chi connectivity index (χ0n) is 29.2. The molecule has 0 spiro atoms. The average Bonchev–Trinajstić information content (AvgIpc) is 3.80. The Labute approximate surface area is 305 Å². The van der Waals surface area contributed by atoms with Crippen molar-refractivity contribution in [2.45, 2.75) is 62.9 Å². The largest absolute Gasteiger partial charge is 0.416 e. The quantitative estimate of drug-likeness (QED) is 0.0881. The predicted octanol–water partition coefficient (Wildman–Crippen LogP) is 6.13. The maximum atomic E-state index is 13.1. The molecule has 0 radical (unpaired) electrons. The molecule has 272 valence electrons. The van der Waals surface area contributed by atoms with Crippen LogP contribution in [0.5, 0.6) is 0 Å². The third-order valence-corrected chi connectivity index (χ3v) is 10.8. The van der Waals surface area contributed by atoms with Crippen LogP contribution in [-0.2, 0) is 49.1 Å². The van der Waals surface area contributed by atoms with E-state index in [4.69, 9.17) is 9.84 Å². The van der Waals surface area contributed by atoms with Crippen molar-refractivity contribution >= 4 is 11.8 Å². The number of aromatic nitrogens is 5. The highest BCUT2D eigenvalue weighted by molar-refractivity contribution is 7.98. The van der Waals surface area contributed by atoms with E-state index in [0.29, 0.717) is 36.1 Å². The molecular weight excluding hydrogens is 688 g/mol. The van der Waals surface area contributed by atoms with E-state index in [-0.39, 0.29) is 5.56 Å². The van der Waals surface area contributed by atoms with Gasteiger partial charge in [-0.15, -0.1) is 10.2 Å². The fourth-order valence-corrected chi connectivity index (χ4v) is 7.70. The highest BCUT2D eigenvalue weighted by Crippen LogP contribution is 2.31. The van der Waals surface area contributed by atoms with E-state index in [2.05, 4.69) is 60.6 Å². The molecule has 13 heteroatoms. The van der Waals surface area contributed by atoms with Crippen LogP contribution < -0.4 is 10.9 Å². The molecule has 3 heterocycles. The summed E-state index contributed by atoms with van der Waals surface area (Å²) >= 11 is 1.56. The number of halogens is 3. The van der Waals surface area contributed by atoms with Crippen LogP contribution in [0.25, 0.3) is 11.1 Å². The normalized spacial score (nSPS) is 14.9. The van der Waals surface area contributed by atoms with E-state index < -0.39 is 11.7 Å². The summed E-state index contributed by atoms with van der Waals surface area (Å²) in [6.07, 6.45) is -1.93. The van der Waals surface area contributed by atoms with Gasteiger partial charge in [-0.3, -0.25) is 9.69 Å². The third-order valence-electron chi connectivity index (χ3n) is 9.72. The van der Waals surface area contributed by atoms with Crippen LogP contribution in [-0.4, -0.2) is 68.6 Å². The lowest BCUT2D eigenvalue weighted by atomic mass is 10.0. The molecule has 52 heavy (non-hydrogen) atoms. The molecule has 0 unspecified atom stereocenters. The Morgan fingerprint density at radius 2 is 1.50 bits per heavy atom. The van der Waals surface area contributed by atoms with Crippen LogP contribution in [0, 0.1) is 6.92 Å². The number of ether oxygens (including phenoxy) is 1. The van der Waals surface area contributed by atoms with Gasteiger partial charge in [0.2, 0.25) is 0 Å². The molecule has 0 atom stereocenters. The lowest BCUT2D eigenvalue weighted by molar-refractivity contribution is -0.137. The first-order valence-electron chi connectivity index (χ1n) is 17.7. The number of rotatable bonds is 13. The van der Waals surface area contributed by atoms with Crippen LogP contribution in [0.3, 0.4) is 0 Å². The molecular formula is C39H42F3N7O2S. The number of benzene rings is 3. The van der Waals surface area contributed by atoms with Crippen molar-refractivity contribution in [2.75, 3.05) is 39.4 Å². The van der Waals surface area contributed by atoms with Gasteiger partial charge in [0.15, 0.2) is 11.0 Å². The molecule has 1 N–H and O–H groups in total. The molecule has 0 amide bonds. The summed E-state index contributed by atoms with van der Waals surface area (Å²) < 4.78 is 49.1. The zero-order chi connectivity index (χ0) is 36.1. The number of thioether (sulfide) groups is 1. The van der Waals surface area contributed by atoms with E-state index in [1.165, 1.54) is 17.7 Å². The fourth-order valence-electron chi connectivity index (χ4n) is 6.73. The van der Waals surface area contributed by atoms with Crippen LogP contribution in [0.2, 0.25) is 0 Å². The minimum atomic E-state index is -4.38. The minimum absolute atomic E-state index is 0.144. The number of hydrogen-bond donors (Lipinski definition) is 1. The third kappa shape index (κ3) is 8.66. The second kappa shape index (κ2) is 16.2. The number of hydrogen-bond acceptors (Lipinski definition) is 8. The predicted molar refractivity (Wildman–Crippen MR) is 195 cm³/mol. The summed E-state index contributed by atoms with van der Waals surface area (Å²) in [5.74, 6) is 2.23. The van der Waals surface area contributed by atoms with Gasteiger partial charge in [0.05, 0.1) is 38.4 Å². The van der Waals surface area contributed by atoms with Gasteiger partial charge in [0, 0.05) is 43.2 Å². The van der Waals surface area contributed by atoms with E-state index in [1.807, 2.05) is 24.3 Å². The maximum Gasteiger partial charge on any atom is 0.416 e. The molecule has 9 nitrogen and oxygen atoms in total. The van der Waals surface area contributed by atoms with Crippen LogP contribution in [0.1, 0.15) is 51.6 Å². The SMILES string of the molecule is Cc1ccc(CSc2nc(=O)c3c(n2Cc2nnc(CNCCN4CCOCC4)n2Cc2ccc(-c4ccc(C(F)(F)F)cc4)cc2)CCC3)cc1. The summed E-state index contributed by atoms with van der Waals surface area (Å²) in [6.45, 7) is 8.56. The van der Waals surface area contributed by atoms with Gasteiger partial charge >= 0.3 is 6.18 Å². The number of nitrogens with one attached hydrogen (secondary N) is 1. The number of morpholine rings is 1. The molecule has 1 saturated heterocycles. The molecule has 1 fully saturated rings. The molecule has 1 aliphatic carbocycles. The van der Waals surface area contributed by atoms with Crippen molar-refractivity contribution in [3.8, 4) is 11.1 Å². The average molecular weight is 730 g/mol. The van der Waals surface area contributed by atoms with E-state index in [9.17, 15) is 18.0 Å².